The maximum absolute atomic E-state index is 12.8. The standard InChI is InChI=1S/C16H23N3O2/c1-18(2)10-12-6-7-13-14(16(12)20)15(11-4-5-11)19(17-13)8-9-21-3/h10-11H,4-9H2,1-3H3/b12-10+. The smallest absolute Gasteiger partial charge is 0.194 e. The maximum Gasteiger partial charge on any atom is 0.194 e. The van der Waals surface area contributed by atoms with Crippen molar-refractivity contribution in [2.24, 2.45) is 0 Å². The minimum absolute atomic E-state index is 0.176. The van der Waals surface area contributed by atoms with Crippen molar-refractivity contribution in [2.75, 3.05) is 27.8 Å². The molecule has 1 aromatic rings. The van der Waals surface area contributed by atoms with Crippen molar-refractivity contribution in [1.29, 1.82) is 0 Å². The number of aromatic nitrogens is 2. The first-order valence-corrected chi connectivity index (χ1v) is 7.62. The van der Waals surface area contributed by atoms with Gasteiger partial charge in [0.2, 0.25) is 0 Å². The Hall–Kier alpha value is -1.62. The van der Waals surface area contributed by atoms with E-state index in [0.717, 1.165) is 41.9 Å². The first-order chi connectivity index (χ1) is 10.1. The van der Waals surface area contributed by atoms with Gasteiger partial charge in [-0.25, -0.2) is 0 Å². The molecule has 0 unspecified atom stereocenters. The summed E-state index contributed by atoms with van der Waals surface area (Å²) in [5.74, 6) is 0.691. The molecule has 0 atom stereocenters. The molecule has 0 saturated heterocycles. The van der Waals surface area contributed by atoms with Crippen LogP contribution in [0.3, 0.4) is 0 Å². The van der Waals surface area contributed by atoms with E-state index in [1.807, 2.05) is 29.9 Å². The molecule has 0 aromatic carbocycles. The lowest BCUT2D eigenvalue weighted by Crippen LogP contribution is -2.17. The molecule has 1 saturated carbocycles. The first-order valence-electron chi connectivity index (χ1n) is 7.62. The van der Waals surface area contributed by atoms with E-state index in [1.54, 1.807) is 7.11 Å². The van der Waals surface area contributed by atoms with Crippen LogP contribution in [0.1, 0.15) is 46.9 Å². The lowest BCUT2D eigenvalue weighted by molar-refractivity contribution is 0.102. The zero-order chi connectivity index (χ0) is 15.0. The van der Waals surface area contributed by atoms with Crippen molar-refractivity contribution < 1.29 is 9.53 Å². The number of fused-ring (bicyclic) bond motifs is 1. The summed E-state index contributed by atoms with van der Waals surface area (Å²) in [6.45, 7) is 1.37. The summed E-state index contributed by atoms with van der Waals surface area (Å²) in [5.41, 5.74) is 3.92. The van der Waals surface area contributed by atoms with E-state index in [9.17, 15) is 4.79 Å². The number of nitrogens with zero attached hydrogens (tertiary/aromatic N) is 3. The number of carbonyl (C=O) groups excluding carboxylic acids is 1. The number of hydrogen-bond donors (Lipinski definition) is 0. The molecule has 5 heteroatoms. The Morgan fingerprint density at radius 1 is 1.38 bits per heavy atom. The molecule has 0 bridgehead atoms. The third kappa shape index (κ3) is 2.75. The van der Waals surface area contributed by atoms with Crippen LogP contribution in [0, 0.1) is 0 Å². The number of Topliss-reactive ketones (excluding diaryl/α,β-unsaturated/α-hetero) is 1. The number of methoxy groups -OCH3 is 1. The minimum atomic E-state index is 0.176. The second-order valence-electron chi connectivity index (χ2n) is 6.14. The van der Waals surface area contributed by atoms with Gasteiger partial charge in [0.1, 0.15) is 0 Å². The van der Waals surface area contributed by atoms with Gasteiger partial charge < -0.3 is 9.64 Å². The van der Waals surface area contributed by atoms with Crippen LogP contribution in [-0.4, -0.2) is 48.3 Å². The Morgan fingerprint density at radius 2 is 2.14 bits per heavy atom. The molecule has 5 nitrogen and oxygen atoms in total. The molecule has 1 fully saturated rings. The summed E-state index contributed by atoms with van der Waals surface area (Å²) in [6.07, 6.45) is 5.94. The molecule has 21 heavy (non-hydrogen) atoms. The van der Waals surface area contributed by atoms with Crippen LogP contribution in [0.15, 0.2) is 11.8 Å². The van der Waals surface area contributed by atoms with Gasteiger partial charge in [-0.1, -0.05) is 0 Å². The molecule has 114 valence electrons. The molecular weight excluding hydrogens is 266 g/mol. The zero-order valence-electron chi connectivity index (χ0n) is 13.1. The minimum Gasteiger partial charge on any atom is -0.383 e. The fraction of sp³-hybridized carbons (Fsp3) is 0.625. The van der Waals surface area contributed by atoms with Crippen molar-refractivity contribution >= 4 is 5.78 Å². The van der Waals surface area contributed by atoms with Crippen molar-refractivity contribution in [3.63, 3.8) is 0 Å². The Balaban J connectivity index is 1.99. The summed E-state index contributed by atoms with van der Waals surface area (Å²) in [5, 5.41) is 4.69. The fourth-order valence-corrected chi connectivity index (χ4v) is 3.03. The van der Waals surface area contributed by atoms with Crippen molar-refractivity contribution in [3.8, 4) is 0 Å². The number of rotatable bonds is 5. The van der Waals surface area contributed by atoms with Crippen molar-refractivity contribution in [2.45, 2.75) is 38.1 Å². The number of carbonyl (C=O) groups is 1. The third-order valence-corrected chi connectivity index (χ3v) is 4.10. The van der Waals surface area contributed by atoms with Gasteiger partial charge in [0.15, 0.2) is 5.78 Å². The maximum atomic E-state index is 12.8. The Morgan fingerprint density at radius 3 is 2.76 bits per heavy atom. The Kier molecular flexibility index (Phi) is 3.85. The highest BCUT2D eigenvalue weighted by molar-refractivity contribution is 6.11. The van der Waals surface area contributed by atoms with Gasteiger partial charge in [0.05, 0.1) is 30.1 Å². The van der Waals surface area contributed by atoms with E-state index in [0.29, 0.717) is 12.5 Å². The molecular formula is C16H23N3O2. The van der Waals surface area contributed by atoms with Crippen LogP contribution in [0.2, 0.25) is 0 Å². The van der Waals surface area contributed by atoms with E-state index in [4.69, 9.17) is 4.74 Å². The first kappa shape index (κ1) is 14.3. The molecule has 0 aliphatic heterocycles. The largest absolute Gasteiger partial charge is 0.383 e. The molecule has 0 amide bonds. The summed E-state index contributed by atoms with van der Waals surface area (Å²) >= 11 is 0. The number of allylic oxidation sites excluding steroid dienone is 1. The summed E-state index contributed by atoms with van der Waals surface area (Å²) < 4.78 is 7.19. The molecule has 3 rings (SSSR count). The fourth-order valence-electron chi connectivity index (χ4n) is 3.03. The molecule has 1 heterocycles. The van der Waals surface area contributed by atoms with E-state index >= 15 is 0 Å². The van der Waals surface area contributed by atoms with Gasteiger partial charge in [-0.05, 0) is 25.7 Å². The highest BCUT2D eigenvalue weighted by atomic mass is 16.5. The Bertz CT molecular complexity index is 583. The number of ether oxygens (including phenoxy) is 1. The lowest BCUT2D eigenvalue weighted by atomic mass is 9.89. The quantitative estimate of drug-likeness (QED) is 0.778. The molecule has 1 aromatic heterocycles. The summed E-state index contributed by atoms with van der Waals surface area (Å²) in [6, 6.07) is 0. The molecule has 0 spiro atoms. The van der Waals surface area contributed by atoms with E-state index in [2.05, 4.69) is 5.10 Å². The molecule has 2 aliphatic carbocycles. The second kappa shape index (κ2) is 5.64. The van der Waals surface area contributed by atoms with Crippen molar-refractivity contribution in [3.05, 3.63) is 28.7 Å². The van der Waals surface area contributed by atoms with Crippen LogP contribution >= 0.6 is 0 Å². The van der Waals surface area contributed by atoms with Crippen LogP contribution in [0.25, 0.3) is 0 Å². The van der Waals surface area contributed by atoms with Crippen LogP contribution < -0.4 is 0 Å². The van der Waals surface area contributed by atoms with Crippen LogP contribution in [-0.2, 0) is 17.7 Å². The van der Waals surface area contributed by atoms with Crippen LogP contribution in [0.5, 0.6) is 0 Å². The van der Waals surface area contributed by atoms with Crippen LogP contribution in [0.4, 0.5) is 0 Å². The third-order valence-electron chi connectivity index (χ3n) is 4.10. The Labute approximate surface area is 125 Å². The number of aryl methyl sites for hydroxylation is 1. The number of ketones is 1. The average Bonchev–Trinajstić information content (AvgIpc) is 3.20. The van der Waals surface area contributed by atoms with Gasteiger partial charge >= 0.3 is 0 Å². The van der Waals surface area contributed by atoms with Gasteiger partial charge in [-0.3, -0.25) is 9.48 Å². The lowest BCUT2D eigenvalue weighted by Gasteiger charge is -2.16. The summed E-state index contributed by atoms with van der Waals surface area (Å²) in [4.78, 5) is 14.8. The second-order valence-corrected chi connectivity index (χ2v) is 6.14. The van der Waals surface area contributed by atoms with E-state index in [-0.39, 0.29) is 5.78 Å². The summed E-state index contributed by atoms with van der Waals surface area (Å²) in [7, 11) is 5.61. The molecule has 0 radical (unpaired) electrons. The number of hydrogen-bond acceptors (Lipinski definition) is 4. The highest BCUT2D eigenvalue weighted by Gasteiger charge is 2.37. The molecule has 2 aliphatic rings. The SMILES string of the molecule is COCCn1nc2c(c1C1CC1)C(=O)/C(=C/N(C)C)CC2. The topological polar surface area (TPSA) is 47.4 Å². The van der Waals surface area contributed by atoms with E-state index < -0.39 is 0 Å². The zero-order valence-corrected chi connectivity index (χ0v) is 13.1. The monoisotopic (exact) mass is 289 g/mol. The highest BCUT2D eigenvalue weighted by Crippen LogP contribution is 2.44. The normalized spacial score (nSPS) is 20.0. The van der Waals surface area contributed by atoms with Gasteiger partial charge in [-0.2, -0.15) is 5.10 Å². The predicted octanol–water partition coefficient (Wildman–Crippen LogP) is 1.98. The average molecular weight is 289 g/mol. The van der Waals surface area contributed by atoms with Crippen molar-refractivity contribution in [1.82, 2.24) is 14.7 Å². The molecule has 0 N–H and O–H groups in total. The van der Waals surface area contributed by atoms with Gasteiger partial charge in [-0.15, -0.1) is 0 Å². The van der Waals surface area contributed by atoms with Gasteiger partial charge in [0.25, 0.3) is 0 Å². The predicted molar refractivity (Wildman–Crippen MR) is 80.5 cm³/mol. The van der Waals surface area contributed by atoms with E-state index in [1.165, 1.54) is 12.8 Å². The van der Waals surface area contributed by atoms with Gasteiger partial charge in [0, 0.05) is 38.9 Å².